The molecule has 0 spiro atoms. The Hall–Kier alpha value is -1.24. The highest BCUT2D eigenvalue weighted by molar-refractivity contribution is 8.00. The van der Waals surface area contributed by atoms with Crippen LogP contribution in [0.1, 0.15) is 20.8 Å². The summed E-state index contributed by atoms with van der Waals surface area (Å²) < 4.78 is 1.68. The van der Waals surface area contributed by atoms with E-state index in [1.807, 2.05) is 20.8 Å². The van der Waals surface area contributed by atoms with E-state index in [4.69, 9.17) is 5.73 Å². The normalized spacial score (nSPS) is 12.5. The zero-order valence-electron chi connectivity index (χ0n) is 10.7. The lowest BCUT2D eigenvalue weighted by molar-refractivity contribution is -0.129. The third kappa shape index (κ3) is 3.12. The quantitative estimate of drug-likeness (QED) is 0.787. The van der Waals surface area contributed by atoms with Gasteiger partial charge in [0, 0.05) is 20.1 Å². The summed E-state index contributed by atoms with van der Waals surface area (Å²) >= 11 is 1.38. The van der Waals surface area contributed by atoms with Gasteiger partial charge in [0.05, 0.1) is 5.25 Å². The molecule has 0 saturated carbocycles. The SMILES string of the molecule is CCN(CC)C(=O)C(C)Sc1nnc(N)n1C. The molecule has 0 aliphatic carbocycles. The molecule has 17 heavy (non-hydrogen) atoms. The fraction of sp³-hybridized carbons (Fsp3) is 0.700. The zero-order valence-corrected chi connectivity index (χ0v) is 11.5. The van der Waals surface area contributed by atoms with Crippen molar-refractivity contribution in [2.45, 2.75) is 31.2 Å². The van der Waals surface area contributed by atoms with Crippen LogP contribution >= 0.6 is 11.8 Å². The van der Waals surface area contributed by atoms with Crippen molar-refractivity contribution in [3.63, 3.8) is 0 Å². The number of rotatable bonds is 5. The number of carbonyl (C=O) groups is 1. The van der Waals surface area contributed by atoms with Crippen LogP contribution in [0.3, 0.4) is 0 Å². The molecule has 1 atom stereocenters. The highest BCUT2D eigenvalue weighted by atomic mass is 32.2. The fourth-order valence-electron chi connectivity index (χ4n) is 1.43. The first-order valence-electron chi connectivity index (χ1n) is 5.61. The molecule has 7 heteroatoms. The van der Waals surface area contributed by atoms with Crippen molar-refractivity contribution < 1.29 is 4.79 Å². The number of amides is 1. The number of nitrogen functional groups attached to an aromatic ring is 1. The molecule has 0 aromatic carbocycles. The minimum Gasteiger partial charge on any atom is -0.368 e. The van der Waals surface area contributed by atoms with E-state index in [2.05, 4.69) is 10.2 Å². The molecule has 0 bridgehead atoms. The van der Waals surface area contributed by atoms with E-state index >= 15 is 0 Å². The van der Waals surface area contributed by atoms with Crippen LogP contribution in [0.25, 0.3) is 0 Å². The van der Waals surface area contributed by atoms with Gasteiger partial charge < -0.3 is 10.6 Å². The van der Waals surface area contributed by atoms with Gasteiger partial charge in [-0.2, -0.15) is 0 Å². The number of anilines is 1. The summed E-state index contributed by atoms with van der Waals surface area (Å²) in [5.74, 6) is 0.469. The molecular formula is C10H19N5OS. The van der Waals surface area contributed by atoms with Gasteiger partial charge in [0.25, 0.3) is 0 Å². The highest BCUT2D eigenvalue weighted by Gasteiger charge is 2.21. The van der Waals surface area contributed by atoms with E-state index in [0.29, 0.717) is 11.1 Å². The lowest BCUT2D eigenvalue weighted by Gasteiger charge is -2.22. The van der Waals surface area contributed by atoms with Crippen LogP contribution in [0.15, 0.2) is 5.16 Å². The van der Waals surface area contributed by atoms with Gasteiger partial charge in [-0.3, -0.25) is 9.36 Å². The molecule has 0 radical (unpaired) electrons. The molecule has 0 aliphatic heterocycles. The van der Waals surface area contributed by atoms with E-state index in [0.717, 1.165) is 13.1 Å². The Bertz CT molecular complexity index is 388. The van der Waals surface area contributed by atoms with Crippen LogP contribution in [-0.4, -0.2) is 43.9 Å². The summed E-state index contributed by atoms with van der Waals surface area (Å²) in [5.41, 5.74) is 5.59. The third-order valence-electron chi connectivity index (χ3n) is 2.57. The van der Waals surface area contributed by atoms with E-state index in [1.54, 1.807) is 16.5 Å². The van der Waals surface area contributed by atoms with Crippen molar-refractivity contribution in [3.8, 4) is 0 Å². The average molecular weight is 257 g/mol. The minimum atomic E-state index is -0.183. The third-order valence-corrected chi connectivity index (χ3v) is 3.70. The number of aromatic nitrogens is 3. The molecule has 6 nitrogen and oxygen atoms in total. The highest BCUT2D eigenvalue weighted by Crippen LogP contribution is 2.23. The summed E-state index contributed by atoms with van der Waals surface area (Å²) in [6.07, 6.45) is 0. The van der Waals surface area contributed by atoms with Gasteiger partial charge in [-0.15, -0.1) is 10.2 Å². The lowest BCUT2D eigenvalue weighted by Crippen LogP contribution is -2.36. The fourth-order valence-corrected chi connectivity index (χ4v) is 2.34. The van der Waals surface area contributed by atoms with Gasteiger partial charge in [0.15, 0.2) is 5.16 Å². The Balaban J connectivity index is 2.69. The predicted molar refractivity (Wildman–Crippen MR) is 68.7 cm³/mol. The van der Waals surface area contributed by atoms with Gasteiger partial charge in [0.2, 0.25) is 11.9 Å². The predicted octanol–water partition coefficient (Wildman–Crippen LogP) is 0.746. The molecule has 0 fully saturated rings. The molecular weight excluding hydrogens is 238 g/mol. The van der Waals surface area contributed by atoms with Crippen LogP contribution in [0.5, 0.6) is 0 Å². The Morgan fingerprint density at radius 3 is 2.47 bits per heavy atom. The zero-order chi connectivity index (χ0) is 13.0. The summed E-state index contributed by atoms with van der Waals surface area (Å²) in [6.45, 7) is 7.26. The van der Waals surface area contributed by atoms with Crippen LogP contribution < -0.4 is 5.73 Å². The number of hydrogen-bond donors (Lipinski definition) is 1. The maximum absolute atomic E-state index is 12.0. The van der Waals surface area contributed by atoms with E-state index < -0.39 is 0 Å². The maximum Gasteiger partial charge on any atom is 0.235 e. The molecule has 96 valence electrons. The number of hydrogen-bond acceptors (Lipinski definition) is 5. The Morgan fingerprint density at radius 1 is 1.47 bits per heavy atom. The number of nitrogens with zero attached hydrogens (tertiary/aromatic N) is 4. The molecule has 1 amide bonds. The monoisotopic (exact) mass is 257 g/mol. The van der Waals surface area contributed by atoms with E-state index in [1.165, 1.54) is 11.8 Å². The van der Waals surface area contributed by atoms with Gasteiger partial charge in [-0.05, 0) is 20.8 Å². The van der Waals surface area contributed by atoms with Crippen LogP contribution in [-0.2, 0) is 11.8 Å². The Labute approximate surface area is 106 Å². The molecule has 2 N–H and O–H groups in total. The topological polar surface area (TPSA) is 77.0 Å². The second-order valence-electron chi connectivity index (χ2n) is 3.67. The van der Waals surface area contributed by atoms with Crippen LogP contribution in [0.4, 0.5) is 5.95 Å². The van der Waals surface area contributed by atoms with Crippen molar-refractivity contribution in [1.82, 2.24) is 19.7 Å². The van der Waals surface area contributed by atoms with Gasteiger partial charge in [0.1, 0.15) is 0 Å². The minimum absolute atomic E-state index is 0.113. The molecule has 1 heterocycles. The average Bonchev–Trinajstić information content (AvgIpc) is 2.62. The van der Waals surface area contributed by atoms with Crippen molar-refractivity contribution >= 4 is 23.6 Å². The summed E-state index contributed by atoms with van der Waals surface area (Å²) in [4.78, 5) is 13.8. The second kappa shape index (κ2) is 5.90. The van der Waals surface area contributed by atoms with Gasteiger partial charge in [-0.25, -0.2) is 0 Å². The first kappa shape index (κ1) is 13.8. The molecule has 1 rings (SSSR count). The maximum atomic E-state index is 12.0. The van der Waals surface area contributed by atoms with Crippen molar-refractivity contribution in [2.75, 3.05) is 18.8 Å². The Morgan fingerprint density at radius 2 is 2.06 bits per heavy atom. The van der Waals surface area contributed by atoms with Crippen LogP contribution in [0.2, 0.25) is 0 Å². The number of thioether (sulfide) groups is 1. The smallest absolute Gasteiger partial charge is 0.235 e. The van der Waals surface area contributed by atoms with Gasteiger partial charge >= 0.3 is 0 Å². The van der Waals surface area contributed by atoms with Crippen LogP contribution in [0, 0.1) is 0 Å². The first-order chi connectivity index (χ1) is 8.01. The second-order valence-corrected chi connectivity index (χ2v) is 4.98. The largest absolute Gasteiger partial charge is 0.368 e. The molecule has 1 unspecified atom stereocenters. The van der Waals surface area contributed by atoms with E-state index in [9.17, 15) is 4.79 Å². The molecule has 1 aromatic rings. The first-order valence-corrected chi connectivity index (χ1v) is 6.49. The van der Waals surface area contributed by atoms with Crippen molar-refractivity contribution in [1.29, 1.82) is 0 Å². The molecule has 0 saturated heterocycles. The Kier molecular flexibility index (Phi) is 4.80. The number of carbonyl (C=O) groups excluding carboxylic acids is 1. The summed E-state index contributed by atoms with van der Waals surface area (Å²) in [6, 6.07) is 0. The van der Waals surface area contributed by atoms with Crippen molar-refractivity contribution in [3.05, 3.63) is 0 Å². The molecule has 1 aromatic heterocycles. The van der Waals surface area contributed by atoms with E-state index in [-0.39, 0.29) is 11.2 Å². The number of nitrogens with two attached hydrogens (primary N) is 1. The summed E-state index contributed by atoms with van der Waals surface area (Å²) in [7, 11) is 1.78. The van der Waals surface area contributed by atoms with Crippen molar-refractivity contribution in [2.24, 2.45) is 7.05 Å². The lowest BCUT2D eigenvalue weighted by atomic mass is 10.4. The van der Waals surface area contributed by atoms with Gasteiger partial charge in [-0.1, -0.05) is 11.8 Å². The standard InChI is InChI=1S/C10H19N5OS/c1-5-15(6-2)8(16)7(3)17-10-13-12-9(11)14(10)4/h7H,5-6H2,1-4H3,(H2,11,12). The summed E-state index contributed by atoms with van der Waals surface area (Å²) in [5, 5.41) is 8.17. The molecule has 0 aliphatic rings.